The number of hydrogen-bond acceptors (Lipinski definition) is 6. The summed E-state index contributed by atoms with van der Waals surface area (Å²) in [5, 5.41) is 3.80. The molecule has 6 nitrogen and oxygen atoms in total. The number of carbonyl (C=O) groups excluding carboxylic acids is 1. The zero-order chi connectivity index (χ0) is 18.7. The first-order valence-electron chi connectivity index (χ1n) is 8.00. The molecule has 8 heteroatoms. The maximum atomic E-state index is 13.5. The zero-order valence-corrected chi connectivity index (χ0v) is 15.4. The molecule has 26 heavy (non-hydrogen) atoms. The summed E-state index contributed by atoms with van der Waals surface area (Å²) in [6, 6.07) is 5.79. The first-order chi connectivity index (χ1) is 12.4. The summed E-state index contributed by atoms with van der Waals surface area (Å²) in [4.78, 5) is 21.9. The first-order valence-corrected chi connectivity index (χ1v) is 8.82. The second-order valence-electron chi connectivity index (χ2n) is 5.72. The SMILES string of the molecule is Cc1nc(C(C)NC(=O)c2coc(COc3ccccc3F)n2)c(C)s1. The Kier molecular flexibility index (Phi) is 5.32. The molecule has 0 aliphatic heterocycles. The van der Waals surface area contributed by atoms with E-state index in [1.54, 1.807) is 23.5 Å². The number of rotatable bonds is 6. The number of nitrogens with one attached hydrogen (secondary N) is 1. The van der Waals surface area contributed by atoms with E-state index in [0.717, 1.165) is 15.6 Å². The molecule has 1 unspecified atom stereocenters. The van der Waals surface area contributed by atoms with Crippen molar-refractivity contribution in [2.24, 2.45) is 0 Å². The predicted octanol–water partition coefficient (Wildman–Crippen LogP) is 3.96. The van der Waals surface area contributed by atoms with Gasteiger partial charge in [0.1, 0.15) is 6.26 Å². The molecule has 0 saturated carbocycles. The van der Waals surface area contributed by atoms with Gasteiger partial charge in [-0.05, 0) is 32.9 Å². The van der Waals surface area contributed by atoms with Gasteiger partial charge in [-0.15, -0.1) is 11.3 Å². The van der Waals surface area contributed by atoms with Gasteiger partial charge >= 0.3 is 0 Å². The van der Waals surface area contributed by atoms with Crippen LogP contribution in [-0.4, -0.2) is 15.9 Å². The lowest BCUT2D eigenvalue weighted by Crippen LogP contribution is -2.27. The van der Waals surface area contributed by atoms with Crippen LogP contribution in [0.25, 0.3) is 0 Å². The fourth-order valence-corrected chi connectivity index (χ4v) is 3.38. The summed E-state index contributed by atoms with van der Waals surface area (Å²) in [6.07, 6.45) is 1.25. The molecule has 3 rings (SSSR count). The molecule has 2 heterocycles. The quantitative estimate of drug-likeness (QED) is 0.706. The number of carbonyl (C=O) groups is 1. The van der Waals surface area contributed by atoms with Crippen molar-refractivity contribution in [2.45, 2.75) is 33.4 Å². The van der Waals surface area contributed by atoms with Gasteiger partial charge in [-0.25, -0.2) is 14.4 Å². The summed E-state index contributed by atoms with van der Waals surface area (Å²) >= 11 is 1.59. The van der Waals surface area contributed by atoms with Gasteiger partial charge in [0.05, 0.1) is 16.7 Å². The summed E-state index contributed by atoms with van der Waals surface area (Å²) in [6.45, 7) is 5.68. The molecule has 0 aliphatic rings. The Labute approximate surface area is 154 Å². The molecule has 0 bridgehead atoms. The fourth-order valence-electron chi connectivity index (χ4n) is 2.47. The fraction of sp³-hybridized carbons (Fsp3) is 0.278. The highest BCUT2D eigenvalue weighted by Gasteiger charge is 2.19. The molecule has 3 aromatic rings. The van der Waals surface area contributed by atoms with E-state index in [-0.39, 0.29) is 35.9 Å². The minimum atomic E-state index is -0.472. The number of benzene rings is 1. The normalized spacial score (nSPS) is 12.0. The number of aromatic nitrogens is 2. The second-order valence-corrected chi connectivity index (χ2v) is 7.12. The number of hydrogen-bond donors (Lipinski definition) is 1. The van der Waals surface area contributed by atoms with Gasteiger partial charge in [0.2, 0.25) is 5.89 Å². The van der Waals surface area contributed by atoms with Crippen molar-refractivity contribution in [3.05, 3.63) is 63.5 Å². The average Bonchev–Trinajstić information content (AvgIpc) is 3.20. The van der Waals surface area contributed by atoms with Gasteiger partial charge in [-0.2, -0.15) is 0 Å². The summed E-state index contributed by atoms with van der Waals surface area (Å²) < 4.78 is 24.1. The number of thiazole rings is 1. The number of para-hydroxylation sites is 1. The lowest BCUT2D eigenvalue weighted by molar-refractivity contribution is 0.0934. The van der Waals surface area contributed by atoms with Crippen molar-refractivity contribution in [2.75, 3.05) is 0 Å². The third-order valence-electron chi connectivity index (χ3n) is 3.67. The van der Waals surface area contributed by atoms with E-state index in [2.05, 4.69) is 15.3 Å². The van der Waals surface area contributed by atoms with Gasteiger partial charge in [0.25, 0.3) is 5.91 Å². The lowest BCUT2D eigenvalue weighted by Gasteiger charge is -2.11. The van der Waals surface area contributed by atoms with Gasteiger partial charge in [-0.3, -0.25) is 4.79 Å². The number of halogens is 1. The van der Waals surface area contributed by atoms with Crippen LogP contribution in [0.15, 0.2) is 34.9 Å². The first kappa shape index (κ1) is 18.1. The highest BCUT2D eigenvalue weighted by molar-refractivity contribution is 7.11. The van der Waals surface area contributed by atoms with Crippen LogP contribution in [0.5, 0.6) is 5.75 Å². The molecule has 0 radical (unpaired) electrons. The topological polar surface area (TPSA) is 77.2 Å². The zero-order valence-electron chi connectivity index (χ0n) is 14.6. The predicted molar refractivity (Wildman–Crippen MR) is 94.7 cm³/mol. The van der Waals surface area contributed by atoms with Crippen LogP contribution in [0.3, 0.4) is 0 Å². The molecule has 0 spiro atoms. The molecule has 1 aromatic carbocycles. The Balaban J connectivity index is 1.61. The van der Waals surface area contributed by atoms with E-state index in [1.165, 1.54) is 18.4 Å². The van der Waals surface area contributed by atoms with E-state index < -0.39 is 5.82 Å². The third-order valence-corrected chi connectivity index (χ3v) is 4.57. The highest BCUT2D eigenvalue weighted by atomic mass is 32.1. The molecule has 0 saturated heterocycles. The van der Waals surface area contributed by atoms with E-state index in [4.69, 9.17) is 9.15 Å². The van der Waals surface area contributed by atoms with Crippen LogP contribution in [0.1, 0.15) is 44.9 Å². The number of oxazole rings is 1. The Morgan fingerprint density at radius 1 is 1.35 bits per heavy atom. The van der Waals surface area contributed by atoms with Crippen molar-refractivity contribution in [1.82, 2.24) is 15.3 Å². The molecular weight excluding hydrogens is 357 g/mol. The van der Waals surface area contributed by atoms with Crippen LogP contribution in [0.2, 0.25) is 0 Å². The number of aryl methyl sites for hydroxylation is 2. The standard InChI is InChI=1S/C18H18FN3O3S/c1-10(17-11(2)26-12(3)21-17)20-18(23)14-8-25-16(22-14)9-24-15-7-5-4-6-13(15)19/h4-8,10H,9H2,1-3H3,(H,20,23). The smallest absolute Gasteiger partial charge is 0.273 e. The molecule has 0 fully saturated rings. The van der Waals surface area contributed by atoms with E-state index in [1.807, 2.05) is 20.8 Å². The second kappa shape index (κ2) is 7.65. The molecule has 136 valence electrons. The Morgan fingerprint density at radius 2 is 2.12 bits per heavy atom. The van der Waals surface area contributed by atoms with Crippen molar-refractivity contribution in [3.63, 3.8) is 0 Å². The summed E-state index contributed by atoms with van der Waals surface area (Å²) in [7, 11) is 0. The average molecular weight is 375 g/mol. The van der Waals surface area contributed by atoms with Gasteiger partial charge in [-0.1, -0.05) is 12.1 Å². The van der Waals surface area contributed by atoms with E-state index >= 15 is 0 Å². The molecule has 1 N–H and O–H groups in total. The lowest BCUT2D eigenvalue weighted by atomic mass is 10.2. The summed E-state index contributed by atoms with van der Waals surface area (Å²) in [5.41, 5.74) is 0.973. The van der Waals surface area contributed by atoms with Crippen molar-refractivity contribution < 1.29 is 18.3 Å². The Hall–Kier alpha value is -2.74. The van der Waals surface area contributed by atoms with Crippen molar-refractivity contribution >= 4 is 17.2 Å². The Morgan fingerprint density at radius 3 is 2.81 bits per heavy atom. The third kappa shape index (κ3) is 4.08. The number of ether oxygens (including phenoxy) is 1. The minimum Gasteiger partial charge on any atom is -0.481 e. The minimum absolute atomic E-state index is 0.0752. The molecule has 1 atom stereocenters. The van der Waals surface area contributed by atoms with Crippen LogP contribution in [0, 0.1) is 19.7 Å². The van der Waals surface area contributed by atoms with Gasteiger partial charge in [0, 0.05) is 4.88 Å². The summed E-state index contributed by atoms with van der Waals surface area (Å²) in [5.74, 6) is -0.561. The molecule has 0 aliphatic carbocycles. The van der Waals surface area contributed by atoms with Crippen LogP contribution >= 0.6 is 11.3 Å². The Bertz CT molecular complexity index is 922. The van der Waals surface area contributed by atoms with Crippen LogP contribution in [0.4, 0.5) is 4.39 Å². The van der Waals surface area contributed by atoms with Crippen molar-refractivity contribution in [1.29, 1.82) is 0 Å². The van der Waals surface area contributed by atoms with Crippen molar-refractivity contribution in [3.8, 4) is 5.75 Å². The van der Waals surface area contributed by atoms with Gasteiger partial charge in [0.15, 0.2) is 23.9 Å². The van der Waals surface area contributed by atoms with Gasteiger partial charge < -0.3 is 14.5 Å². The number of amides is 1. The monoisotopic (exact) mass is 375 g/mol. The van der Waals surface area contributed by atoms with Crippen LogP contribution < -0.4 is 10.1 Å². The maximum Gasteiger partial charge on any atom is 0.273 e. The largest absolute Gasteiger partial charge is 0.481 e. The molecular formula is C18H18FN3O3S. The molecule has 1 amide bonds. The molecule has 2 aromatic heterocycles. The number of nitrogens with zero attached hydrogens (tertiary/aromatic N) is 2. The maximum absolute atomic E-state index is 13.5. The van der Waals surface area contributed by atoms with E-state index in [9.17, 15) is 9.18 Å². The highest BCUT2D eigenvalue weighted by Crippen LogP contribution is 2.23. The van der Waals surface area contributed by atoms with Crippen LogP contribution in [-0.2, 0) is 6.61 Å². The van der Waals surface area contributed by atoms with E-state index in [0.29, 0.717) is 0 Å².